The average Bonchev–Trinajstić information content (AvgIpc) is 2.41. The van der Waals surface area contributed by atoms with Crippen LogP contribution in [0.2, 0.25) is 0 Å². The number of halogens is 1. The van der Waals surface area contributed by atoms with Gasteiger partial charge in [0.2, 0.25) is 5.91 Å². The number of piperidine rings is 1. The van der Waals surface area contributed by atoms with E-state index in [-0.39, 0.29) is 17.8 Å². The van der Waals surface area contributed by atoms with Crippen molar-refractivity contribution in [3.63, 3.8) is 0 Å². The molecule has 1 aromatic carbocycles. The first kappa shape index (κ1) is 14.9. The number of aliphatic hydroxyl groups is 1. The van der Waals surface area contributed by atoms with Gasteiger partial charge in [0.05, 0.1) is 6.10 Å². The van der Waals surface area contributed by atoms with Crippen molar-refractivity contribution in [3.05, 3.63) is 35.6 Å². The third-order valence-corrected chi connectivity index (χ3v) is 3.85. The summed E-state index contributed by atoms with van der Waals surface area (Å²) < 4.78 is 12.9. The highest BCUT2D eigenvalue weighted by molar-refractivity contribution is 5.74. The van der Waals surface area contributed by atoms with Gasteiger partial charge in [-0.15, -0.1) is 0 Å². The number of amides is 1. The van der Waals surface area contributed by atoms with Crippen LogP contribution in [-0.4, -0.2) is 35.0 Å². The van der Waals surface area contributed by atoms with Gasteiger partial charge < -0.3 is 10.8 Å². The first-order chi connectivity index (χ1) is 9.56. The van der Waals surface area contributed by atoms with Gasteiger partial charge in [-0.3, -0.25) is 9.69 Å². The summed E-state index contributed by atoms with van der Waals surface area (Å²) in [5.74, 6) is -0.622. The van der Waals surface area contributed by atoms with Crippen LogP contribution < -0.4 is 5.73 Å². The van der Waals surface area contributed by atoms with Crippen molar-refractivity contribution in [2.24, 2.45) is 5.73 Å². The molecule has 110 valence electrons. The zero-order valence-corrected chi connectivity index (χ0v) is 11.5. The van der Waals surface area contributed by atoms with E-state index in [0.29, 0.717) is 18.5 Å². The highest BCUT2D eigenvalue weighted by Gasteiger charge is 2.26. The SMILES string of the molecule is NC(=O)CC1CCCCN1CC(O)c1ccc(F)cc1. The second kappa shape index (κ2) is 6.81. The van der Waals surface area contributed by atoms with Gasteiger partial charge in [-0.2, -0.15) is 0 Å². The molecule has 0 spiro atoms. The Morgan fingerprint density at radius 2 is 2.10 bits per heavy atom. The molecular weight excluding hydrogens is 259 g/mol. The molecule has 20 heavy (non-hydrogen) atoms. The van der Waals surface area contributed by atoms with Gasteiger partial charge in [-0.25, -0.2) is 4.39 Å². The lowest BCUT2D eigenvalue weighted by molar-refractivity contribution is -0.119. The van der Waals surface area contributed by atoms with Crippen LogP contribution in [0.25, 0.3) is 0 Å². The van der Waals surface area contributed by atoms with Crippen LogP contribution in [-0.2, 0) is 4.79 Å². The lowest BCUT2D eigenvalue weighted by atomic mass is 9.97. The maximum Gasteiger partial charge on any atom is 0.218 e. The van der Waals surface area contributed by atoms with E-state index in [1.165, 1.54) is 12.1 Å². The predicted molar refractivity (Wildman–Crippen MR) is 74.4 cm³/mol. The molecule has 0 radical (unpaired) electrons. The molecule has 5 heteroatoms. The van der Waals surface area contributed by atoms with Crippen LogP contribution in [0.5, 0.6) is 0 Å². The van der Waals surface area contributed by atoms with Gasteiger partial charge in [-0.1, -0.05) is 18.6 Å². The second-order valence-electron chi connectivity index (χ2n) is 5.38. The second-order valence-corrected chi connectivity index (χ2v) is 5.38. The molecule has 0 aromatic heterocycles. The molecule has 0 saturated carbocycles. The molecule has 1 saturated heterocycles. The standard InChI is InChI=1S/C15H21FN2O2/c16-12-6-4-11(5-7-12)14(19)10-18-8-2-1-3-13(18)9-15(17)20/h4-7,13-14,19H,1-3,8-10H2,(H2,17,20). The number of β-amino-alcohol motifs (C(OH)–C–C–N with tert-alkyl or cyclic N) is 1. The molecule has 4 nitrogen and oxygen atoms in total. The van der Waals surface area contributed by atoms with Crippen molar-refractivity contribution in [1.82, 2.24) is 4.90 Å². The summed E-state index contributed by atoms with van der Waals surface area (Å²) in [5.41, 5.74) is 5.96. The van der Waals surface area contributed by atoms with Gasteiger partial charge in [0.1, 0.15) is 5.82 Å². The summed E-state index contributed by atoms with van der Waals surface area (Å²) in [4.78, 5) is 13.2. The quantitative estimate of drug-likeness (QED) is 0.860. The minimum absolute atomic E-state index is 0.108. The molecule has 2 rings (SSSR count). The van der Waals surface area contributed by atoms with Gasteiger partial charge >= 0.3 is 0 Å². The van der Waals surface area contributed by atoms with Crippen LogP contribution in [0.1, 0.15) is 37.4 Å². The Balaban J connectivity index is 1.98. The number of likely N-dealkylation sites (tertiary alicyclic amines) is 1. The van der Waals surface area contributed by atoms with E-state index in [1.54, 1.807) is 12.1 Å². The first-order valence-corrected chi connectivity index (χ1v) is 7.02. The van der Waals surface area contributed by atoms with Crippen LogP contribution in [0, 0.1) is 5.82 Å². The van der Waals surface area contributed by atoms with E-state index >= 15 is 0 Å². The summed E-state index contributed by atoms with van der Waals surface area (Å²) in [6.07, 6.45) is 2.73. The number of rotatable bonds is 5. The fourth-order valence-corrected chi connectivity index (χ4v) is 2.78. The first-order valence-electron chi connectivity index (χ1n) is 7.02. The number of carbonyl (C=O) groups is 1. The number of nitrogens with zero attached hydrogens (tertiary/aromatic N) is 1. The molecule has 1 aromatic rings. The molecule has 1 amide bonds. The summed E-state index contributed by atoms with van der Waals surface area (Å²) in [7, 11) is 0. The predicted octanol–water partition coefficient (Wildman–Crippen LogP) is 1.59. The smallest absolute Gasteiger partial charge is 0.218 e. The minimum Gasteiger partial charge on any atom is -0.387 e. The normalized spacial score (nSPS) is 21.6. The lowest BCUT2D eigenvalue weighted by Gasteiger charge is -2.36. The van der Waals surface area contributed by atoms with Crippen molar-refractivity contribution in [1.29, 1.82) is 0 Å². The van der Waals surface area contributed by atoms with Gasteiger partial charge in [0, 0.05) is 19.0 Å². The van der Waals surface area contributed by atoms with Crippen LogP contribution in [0.15, 0.2) is 24.3 Å². The van der Waals surface area contributed by atoms with E-state index in [1.807, 2.05) is 0 Å². The van der Waals surface area contributed by atoms with Crippen molar-refractivity contribution >= 4 is 5.91 Å². The molecular formula is C15H21FN2O2. The number of hydrogen-bond donors (Lipinski definition) is 2. The summed E-state index contributed by atoms with van der Waals surface area (Å²) in [5, 5.41) is 10.2. The molecule has 1 heterocycles. The topological polar surface area (TPSA) is 66.6 Å². The van der Waals surface area contributed by atoms with Crippen molar-refractivity contribution in [2.75, 3.05) is 13.1 Å². The third-order valence-electron chi connectivity index (χ3n) is 3.85. The van der Waals surface area contributed by atoms with Gasteiger partial charge in [0.15, 0.2) is 0 Å². The summed E-state index contributed by atoms with van der Waals surface area (Å²) in [6.45, 7) is 1.31. The molecule has 1 fully saturated rings. The lowest BCUT2D eigenvalue weighted by Crippen LogP contribution is -2.43. The summed E-state index contributed by atoms with van der Waals surface area (Å²) >= 11 is 0. The molecule has 1 aliphatic rings. The molecule has 0 bridgehead atoms. The van der Waals surface area contributed by atoms with E-state index < -0.39 is 6.10 Å². The highest BCUT2D eigenvalue weighted by Crippen LogP contribution is 2.23. The van der Waals surface area contributed by atoms with Crippen molar-refractivity contribution < 1.29 is 14.3 Å². The molecule has 2 atom stereocenters. The van der Waals surface area contributed by atoms with Crippen molar-refractivity contribution in [3.8, 4) is 0 Å². The highest BCUT2D eigenvalue weighted by atomic mass is 19.1. The Morgan fingerprint density at radius 3 is 2.75 bits per heavy atom. The zero-order chi connectivity index (χ0) is 14.5. The van der Waals surface area contributed by atoms with Gasteiger partial charge in [0.25, 0.3) is 0 Å². The van der Waals surface area contributed by atoms with E-state index in [4.69, 9.17) is 5.73 Å². The van der Waals surface area contributed by atoms with Crippen molar-refractivity contribution in [2.45, 2.75) is 37.8 Å². The molecule has 2 unspecified atom stereocenters. The Morgan fingerprint density at radius 1 is 1.40 bits per heavy atom. The maximum absolute atomic E-state index is 12.9. The number of hydrogen-bond acceptors (Lipinski definition) is 3. The number of aliphatic hydroxyl groups excluding tert-OH is 1. The Kier molecular flexibility index (Phi) is 5.09. The fourth-order valence-electron chi connectivity index (χ4n) is 2.78. The Hall–Kier alpha value is -1.46. The zero-order valence-electron chi connectivity index (χ0n) is 11.5. The maximum atomic E-state index is 12.9. The van der Waals surface area contributed by atoms with E-state index in [2.05, 4.69) is 4.90 Å². The van der Waals surface area contributed by atoms with E-state index in [9.17, 15) is 14.3 Å². The monoisotopic (exact) mass is 280 g/mol. The van der Waals surface area contributed by atoms with Crippen LogP contribution in [0.3, 0.4) is 0 Å². The fraction of sp³-hybridized carbons (Fsp3) is 0.533. The summed E-state index contributed by atoms with van der Waals surface area (Å²) in [6, 6.07) is 5.97. The minimum atomic E-state index is -0.677. The van der Waals surface area contributed by atoms with Crippen LogP contribution >= 0.6 is 0 Å². The van der Waals surface area contributed by atoms with E-state index in [0.717, 1.165) is 25.8 Å². The Bertz CT molecular complexity index is 450. The number of nitrogens with two attached hydrogens (primary N) is 1. The molecule has 0 aliphatic carbocycles. The van der Waals surface area contributed by atoms with Crippen LogP contribution in [0.4, 0.5) is 4.39 Å². The van der Waals surface area contributed by atoms with Gasteiger partial charge in [-0.05, 0) is 37.1 Å². The number of carbonyl (C=O) groups excluding carboxylic acids is 1. The third kappa shape index (κ3) is 4.02. The molecule has 1 aliphatic heterocycles. The Labute approximate surface area is 118 Å². The number of benzene rings is 1. The largest absolute Gasteiger partial charge is 0.387 e. The average molecular weight is 280 g/mol. The number of primary amides is 1. The molecule has 3 N–H and O–H groups in total.